The minimum Gasteiger partial charge on any atom is -0.441 e. The molecule has 2 aromatic carbocycles. The normalized spacial score (nSPS) is 11.1. The summed E-state index contributed by atoms with van der Waals surface area (Å²) in [5.41, 5.74) is 2.29. The molecule has 0 aliphatic carbocycles. The van der Waals surface area contributed by atoms with Crippen LogP contribution in [-0.4, -0.2) is 11.0 Å². The summed E-state index contributed by atoms with van der Waals surface area (Å²) >= 11 is 0. The van der Waals surface area contributed by atoms with Crippen molar-refractivity contribution in [1.29, 1.82) is 0 Å². The van der Waals surface area contributed by atoms with Gasteiger partial charge < -0.3 is 9.15 Å². The molecule has 1 heterocycles. The summed E-state index contributed by atoms with van der Waals surface area (Å²) in [7, 11) is 0. The molecule has 21 heavy (non-hydrogen) atoms. The van der Waals surface area contributed by atoms with Gasteiger partial charge in [0.25, 0.3) is 0 Å². The van der Waals surface area contributed by atoms with Gasteiger partial charge in [0, 0.05) is 19.1 Å². The Bertz CT molecular complexity index is 803. The number of aromatic nitrogens is 1. The fourth-order valence-corrected chi connectivity index (χ4v) is 1.96. The second-order valence-electron chi connectivity index (χ2n) is 4.53. The van der Waals surface area contributed by atoms with Crippen molar-refractivity contribution >= 4 is 23.1 Å². The highest BCUT2D eigenvalue weighted by Gasteiger charge is 2.06. The summed E-state index contributed by atoms with van der Waals surface area (Å²) in [5, 5.41) is 0. The Morgan fingerprint density at radius 2 is 2.00 bits per heavy atom. The summed E-state index contributed by atoms with van der Waals surface area (Å²) in [5.74, 6) is 0.592. The van der Waals surface area contributed by atoms with E-state index in [4.69, 9.17) is 9.15 Å². The first kappa shape index (κ1) is 13.1. The minimum absolute atomic E-state index is 0.432. The molecule has 0 radical (unpaired) electrons. The van der Waals surface area contributed by atoms with Crippen molar-refractivity contribution < 1.29 is 13.9 Å². The molecule has 0 saturated heterocycles. The number of esters is 1. The SMILES string of the molecule is Cc1nc2cc(OC(=O)/C=C/c3ccccc3)ccc2o1. The Kier molecular flexibility index (Phi) is 3.51. The lowest BCUT2D eigenvalue weighted by molar-refractivity contribution is -0.128. The molecule has 0 spiro atoms. The lowest BCUT2D eigenvalue weighted by Gasteiger charge is -2.00. The van der Waals surface area contributed by atoms with E-state index in [1.807, 2.05) is 30.3 Å². The van der Waals surface area contributed by atoms with Crippen molar-refractivity contribution in [2.75, 3.05) is 0 Å². The first-order chi connectivity index (χ1) is 10.2. The van der Waals surface area contributed by atoms with Gasteiger partial charge in [-0.05, 0) is 23.8 Å². The molecule has 4 heteroatoms. The first-order valence-corrected chi connectivity index (χ1v) is 6.53. The fraction of sp³-hybridized carbons (Fsp3) is 0.0588. The molecule has 104 valence electrons. The van der Waals surface area contributed by atoms with Crippen molar-refractivity contribution in [2.24, 2.45) is 0 Å². The van der Waals surface area contributed by atoms with E-state index < -0.39 is 5.97 Å². The van der Waals surface area contributed by atoms with Crippen LogP contribution in [-0.2, 0) is 4.79 Å². The third kappa shape index (κ3) is 3.17. The second kappa shape index (κ2) is 5.63. The van der Waals surface area contributed by atoms with Crippen LogP contribution < -0.4 is 4.74 Å². The van der Waals surface area contributed by atoms with Gasteiger partial charge in [0.05, 0.1) is 0 Å². The second-order valence-corrected chi connectivity index (χ2v) is 4.53. The highest BCUT2D eigenvalue weighted by Crippen LogP contribution is 2.21. The van der Waals surface area contributed by atoms with Crippen LogP contribution in [0.15, 0.2) is 59.0 Å². The fourth-order valence-electron chi connectivity index (χ4n) is 1.96. The zero-order valence-electron chi connectivity index (χ0n) is 11.4. The van der Waals surface area contributed by atoms with Crippen molar-refractivity contribution in [3.8, 4) is 5.75 Å². The van der Waals surface area contributed by atoms with E-state index in [1.165, 1.54) is 6.08 Å². The molecular weight excluding hydrogens is 266 g/mol. The number of fused-ring (bicyclic) bond motifs is 1. The Hall–Kier alpha value is -2.88. The Labute approximate surface area is 121 Å². The van der Waals surface area contributed by atoms with Crippen LogP contribution in [0.25, 0.3) is 17.2 Å². The van der Waals surface area contributed by atoms with Gasteiger partial charge in [0.15, 0.2) is 11.5 Å². The largest absolute Gasteiger partial charge is 0.441 e. The minimum atomic E-state index is -0.432. The van der Waals surface area contributed by atoms with Gasteiger partial charge in [0.2, 0.25) is 0 Å². The zero-order chi connectivity index (χ0) is 14.7. The van der Waals surface area contributed by atoms with E-state index in [0.29, 0.717) is 22.7 Å². The number of aryl methyl sites for hydroxylation is 1. The van der Waals surface area contributed by atoms with Crippen molar-refractivity contribution in [3.63, 3.8) is 0 Å². The highest BCUT2D eigenvalue weighted by molar-refractivity contribution is 5.89. The van der Waals surface area contributed by atoms with Gasteiger partial charge in [-0.3, -0.25) is 0 Å². The van der Waals surface area contributed by atoms with E-state index in [-0.39, 0.29) is 0 Å². The first-order valence-electron chi connectivity index (χ1n) is 6.53. The molecule has 0 N–H and O–H groups in total. The van der Waals surface area contributed by atoms with Crippen LogP contribution in [0.4, 0.5) is 0 Å². The number of oxazole rings is 1. The van der Waals surface area contributed by atoms with E-state index in [9.17, 15) is 4.79 Å². The molecule has 0 atom stereocenters. The van der Waals surface area contributed by atoms with Gasteiger partial charge in [-0.25, -0.2) is 9.78 Å². The van der Waals surface area contributed by atoms with Crippen LogP contribution in [0.1, 0.15) is 11.5 Å². The van der Waals surface area contributed by atoms with E-state index in [0.717, 1.165) is 5.56 Å². The lowest BCUT2D eigenvalue weighted by Crippen LogP contribution is -2.03. The predicted molar refractivity (Wildman–Crippen MR) is 79.9 cm³/mol. The van der Waals surface area contributed by atoms with Gasteiger partial charge >= 0.3 is 5.97 Å². The van der Waals surface area contributed by atoms with Crippen LogP contribution in [0, 0.1) is 6.92 Å². The van der Waals surface area contributed by atoms with Gasteiger partial charge in [-0.15, -0.1) is 0 Å². The maximum Gasteiger partial charge on any atom is 0.336 e. The molecule has 3 rings (SSSR count). The predicted octanol–water partition coefficient (Wildman–Crippen LogP) is 3.76. The highest BCUT2D eigenvalue weighted by atomic mass is 16.5. The number of hydrogen-bond donors (Lipinski definition) is 0. The van der Waals surface area contributed by atoms with E-state index >= 15 is 0 Å². The number of carbonyl (C=O) groups excluding carboxylic acids is 1. The molecule has 0 aliphatic rings. The molecule has 0 amide bonds. The maximum absolute atomic E-state index is 11.8. The number of ether oxygens (including phenoxy) is 1. The summed E-state index contributed by atoms with van der Waals surface area (Å²) < 4.78 is 10.6. The summed E-state index contributed by atoms with van der Waals surface area (Å²) in [6, 6.07) is 14.7. The number of benzene rings is 2. The quantitative estimate of drug-likeness (QED) is 0.416. The molecule has 0 aliphatic heterocycles. The third-order valence-electron chi connectivity index (χ3n) is 2.90. The van der Waals surface area contributed by atoms with Gasteiger partial charge in [-0.1, -0.05) is 30.3 Å². The molecule has 1 aromatic heterocycles. The number of hydrogen-bond acceptors (Lipinski definition) is 4. The maximum atomic E-state index is 11.8. The van der Waals surface area contributed by atoms with E-state index in [2.05, 4.69) is 4.98 Å². The van der Waals surface area contributed by atoms with Crippen molar-refractivity contribution in [1.82, 2.24) is 4.98 Å². The summed E-state index contributed by atoms with van der Waals surface area (Å²) in [6.07, 6.45) is 3.11. The standard InChI is InChI=1S/C17H13NO3/c1-12-18-15-11-14(8-9-16(15)20-12)21-17(19)10-7-13-5-3-2-4-6-13/h2-11H,1H3/b10-7+. The van der Waals surface area contributed by atoms with E-state index in [1.54, 1.807) is 31.2 Å². The molecule has 0 unspecified atom stereocenters. The monoisotopic (exact) mass is 279 g/mol. The number of carbonyl (C=O) groups is 1. The van der Waals surface area contributed by atoms with Crippen molar-refractivity contribution in [3.05, 3.63) is 66.1 Å². The topological polar surface area (TPSA) is 52.3 Å². The van der Waals surface area contributed by atoms with Crippen LogP contribution in [0.2, 0.25) is 0 Å². The molecule has 0 bridgehead atoms. The molecule has 0 saturated carbocycles. The van der Waals surface area contributed by atoms with Crippen LogP contribution in [0.3, 0.4) is 0 Å². The van der Waals surface area contributed by atoms with Crippen LogP contribution in [0.5, 0.6) is 5.75 Å². The van der Waals surface area contributed by atoms with Gasteiger partial charge in [0.1, 0.15) is 11.3 Å². The van der Waals surface area contributed by atoms with Crippen LogP contribution >= 0.6 is 0 Å². The molecular formula is C17H13NO3. The summed E-state index contributed by atoms with van der Waals surface area (Å²) in [4.78, 5) is 16.0. The number of nitrogens with zero attached hydrogens (tertiary/aromatic N) is 1. The smallest absolute Gasteiger partial charge is 0.336 e. The lowest BCUT2D eigenvalue weighted by atomic mass is 10.2. The number of rotatable bonds is 3. The molecule has 4 nitrogen and oxygen atoms in total. The Morgan fingerprint density at radius 3 is 2.81 bits per heavy atom. The van der Waals surface area contributed by atoms with Gasteiger partial charge in [-0.2, -0.15) is 0 Å². The Morgan fingerprint density at radius 1 is 1.19 bits per heavy atom. The average Bonchev–Trinajstić information content (AvgIpc) is 2.85. The zero-order valence-corrected chi connectivity index (χ0v) is 11.4. The van der Waals surface area contributed by atoms with Crippen molar-refractivity contribution in [2.45, 2.75) is 6.92 Å². The average molecular weight is 279 g/mol. The molecule has 3 aromatic rings. The molecule has 0 fully saturated rings. The summed E-state index contributed by atoms with van der Waals surface area (Å²) in [6.45, 7) is 1.77. The third-order valence-corrected chi connectivity index (χ3v) is 2.90. The Balaban J connectivity index is 1.72.